The molecule has 1 N–H and O–H groups in total. The number of aryl methyl sites for hydroxylation is 3. The molecule has 0 saturated heterocycles. The Hall–Kier alpha value is -1.89. The fourth-order valence-electron chi connectivity index (χ4n) is 2.90. The van der Waals surface area contributed by atoms with Gasteiger partial charge < -0.3 is 4.90 Å². The highest BCUT2D eigenvalue weighted by molar-refractivity contribution is 7.89. The monoisotopic (exact) mass is 394 g/mol. The number of hydrogen-bond acceptors (Lipinski definition) is 3. The van der Waals surface area contributed by atoms with Crippen molar-refractivity contribution in [1.82, 2.24) is 4.72 Å². The number of anilines is 1. The zero-order chi connectivity index (χ0) is 19.5. The molecule has 0 unspecified atom stereocenters. The normalized spacial score (nSPS) is 11.4. The summed E-state index contributed by atoms with van der Waals surface area (Å²) < 4.78 is 27.5. The van der Waals surface area contributed by atoms with Crippen LogP contribution in [0.15, 0.2) is 41.3 Å². The predicted molar refractivity (Wildman–Crippen MR) is 105 cm³/mol. The fraction of sp³-hybridized carbons (Fsp3) is 0.316. The molecule has 2 aromatic rings. The highest BCUT2D eigenvalue weighted by Gasteiger charge is 2.20. The van der Waals surface area contributed by atoms with E-state index in [1.54, 1.807) is 37.3 Å². The molecule has 0 aromatic heterocycles. The van der Waals surface area contributed by atoms with Crippen LogP contribution in [0.5, 0.6) is 0 Å². The molecule has 0 saturated carbocycles. The molecule has 0 spiro atoms. The van der Waals surface area contributed by atoms with Gasteiger partial charge in [0.25, 0.3) is 0 Å². The molecule has 1 amide bonds. The highest BCUT2D eigenvalue weighted by atomic mass is 35.5. The molecular formula is C19H23ClN2O3S. The third-order valence-electron chi connectivity index (χ3n) is 4.06. The van der Waals surface area contributed by atoms with Crippen molar-refractivity contribution in [2.24, 2.45) is 0 Å². The topological polar surface area (TPSA) is 66.5 Å². The van der Waals surface area contributed by atoms with E-state index in [2.05, 4.69) is 4.72 Å². The molecular weight excluding hydrogens is 372 g/mol. The van der Waals surface area contributed by atoms with Gasteiger partial charge in [-0.3, -0.25) is 4.79 Å². The lowest BCUT2D eigenvalue weighted by Gasteiger charge is -2.25. The van der Waals surface area contributed by atoms with Crippen molar-refractivity contribution >= 4 is 33.2 Å². The van der Waals surface area contributed by atoms with Gasteiger partial charge in [-0.1, -0.05) is 35.9 Å². The minimum absolute atomic E-state index is 0.0832. The van der Waals surface area contributed by atoms with Gasteiger partial charge in [0.15, 0.2) is 0 Å². The number of halogens is 1. The Kier molecular flexibility index (Phi) is 6.44. The van der Waals surface area contributed by atoms with Crippen LogP contribution in [0.1, 0.15) is 23.6 Å². The number of rotatable bonds is 6. The van der Waals surface area contributed by atoms with Crippen LogP contribution in [-0.2, 0) is 14.8 Å². The number of carbonyl (C=O) groups excluding carboxylic acids is 1. The van der Waals surface area contributed by atoms with Gasteiger partial charge in [-0.05, 0) is 49.6 Å². The number of amides is 1. The predicted octanol–water partition coefficient (Wildman–Crippen LogP) is 3.60. The second-order valence-electron chi connectivity index (χ2n) is 6.25. The van der Waals surface area contributed by atoms with E-state index in [4.69, 9.17) is 11.6 Å². The molecule has 0 bridgehead atoms. The average Bonchev–Trinajstić information content (AvgIpc) is 2.52. The third kappa shape index (κ3) is 4.63. The van der Waals surface area contributed by atoms with Gasteiger partial charge in [0.1, 0.15) is 0 Å². The Bertz CT molecular complexity index is 903. The van der Waals surface area contributed by atoms with E-state index < -0.39 is 10.0 Å². The molecule has 0 aliphatic rings. The Labute approximate surface area is 160 Å². The molecule has 140 valence electrons. The van der Waals surface area contributed by atoms with Crippen LogP contribution in [-0.4, -0.2) is 27.4 Å². The standard InChI is InChI=1S/C19H23ClN2O3S/c1-13-11-15(3)19(17(20)12-13)22(16(4)23)10-9-21-26(24,25)18-8-6-5-7-14(18)2/h5-8,11-12,21H,9-10H2,1-4H3. The summed E-state index contributed by atoms with van der Waals surface area (Å²) in [5.74, 6) is -0.200. The Morgan fingerprint density at radius 2 is 1.77 bits per heavy atom. The van der Waals surface area contributed by atoms with Crippen LogP contribution in [0.4, 0.5) is 5.69 Å². The number of sulfonamides is 1. The van der Waals surface area contributed by atoms with Gasteiger partial charge in [-0.25, -0.2) is 13.1 Å². The smallest absolute Gasteiger partial charge is 0.240 e. The summed E-state index contributed by atoms with van der Waals surface area (Å²) in [4.78, 5) is 13.8. The van der Waals surface area contributed by atoms with E-state index in [1.807, 2.05) is 19.9 Å². The quantitative estimate of drug-likeness (QED) is 0.814. The minimum Gasteiger partial charge on any atom is -0.310 e. The molecule has 0 heterocycles. The molecule has 0 aliphatic heterocycles. The van der Waals surface area contributed by atoms with Crippen LogP contribution < -0.4 is 9.62 Å². The summed E-state index contributed by atoms with van der Waals surface area (Å²) in [6, 6.07) is 10.5. The van der Waals surface area contributed by atoms with Gasteiger partial charge in [0, 0.05) is 20.0 Å². The van der Waals surface area contributed by atoms with Crippen molar-refractivity contribution in [3.63, 3.8) is 0 Å². The van der Waals surface area contributed by atoms with E-state index >= 15 is 0 Å². The van der Waals surface area contributed by atoms with E-state index in [0.29, 0.717) is 16.3 Å². The van der Waals surface area contributed by atoms with E-state index in [0.717, 1.165) is 11.1 Å². The van der Waals surface area contributed by atoms with E-state index in [1.165, 1.54) is 11.8 Å². The number of hydrogen-bond donors (Lipinski definition) is 1. The van der Waals surface area contributed by atoms with Gasteiger partial charge in [0.2, 0.25) is 15.9 Å². The van der Waals surface area contributed by atoms with Crippen molar-refractivity contribution < 1.29 is 13.2 Å². The maximum Gasteiger partial charge on any atom is 0.240 e. The van der Waals surface area contributed by atoms with E-state index in [9.17, 15) is 13.2 Å². The maximum atomic E-state index is 12.5. The third-order valence-corrected chi connectivity index (χ3v) is 5.97. The lowest BCUT2D eigenvalue weighted by atomic mass is 10.1. The Morgan fingerprint density at radius 1 is 1.12 bits per heavy atom. The number of benzene rings is 2. The van der Waals surface area contributed by atoms with Crippen molar-refractivity contribution in [2.45, 2.75) is 32.6 Å². The van der Waals surface area contributed by atoms with Crippen LogP contribution in [0.3, 0.4) is 0 Å². The van der Waals surface area contributed by atoms with Crippen LogP contribution in [0.25, 0.3) is 0 Å². The second kappa shape index (κ2) is 8.20. The minimum atomic E-state index is -3.64. The first kappa shape index (κ1) is 20.4. The van der Waals surface area contributed by atoms with Crippen molar-refractivity contribution in [1.29, 1.82) is 0 Å². The first-order valence-corrected chi connectivity index (χ1v) is 10.1. The lowest BCUT2D eigenvalue weighted by Crippen LogP contribution is -2.38. The largest absolute Gasteiger partial charge is 0.310 e. The van der Waals surface area contributed by atoms with Crippen molar-refractivity contribution in [3.8, 4) is 0 Å². The lowest BCUT2D eigenvalue weighted by molar-refractivity contribution is -0.116. The molecule has 0 atom stereocenters. The zero-order valence-electron chi connectivity index (χ0n) is 15.3. The maximum absolute atomic E-state index is 12.5. The summed E-state index contributed by atoms with van der Waals surface area (Å²) in [6.07, 6.45) is 0. The number of nitrogens with zero attached hydrogens (tertiary/aromatic N) is 1. The first-order valence-electron chi connectivity index (χ1n) is 8.23. The summed E-state index contributed by atoms with van der Waals surface area (Å²) in [5, 5.41) is 0.472. The summed E-state index contributed by atoms with van der Waals surface area (Å²) in [5.41, 5.74) is 3.15. The SMILES string of the molecule is CC(=O)N(CCNS(=O)(=O)c1ccccc1C)c1c(C)cc(C)cc1Cl. The first-order chi connectivity index (χ1) is 12.1. The highest BCUT2D eigenvalue weighted by Crippen LogP contribution is 2.31. The molecule has 7 heteroatoms. The zero-order valence-corrected chi connectivity index (χ0v) is 16.9. The van der Waals surface area contributed by atoms with Gasteiger partial charge in [0.05, 0.1) is 15.6 Å². The molecule has 2 aromatic carbocycles. The molecule has 26 heavy (non-hydrogen) atoms. The van der Waals surface area contributed by atoms with Gasteiger partial charge in [-0.2, -0.15) is 0 Å². The Morgan fingerprint density at radius 3 is 2.35 bits per heavy atom. The van der Waals surface area contributed by atoms with Gasteiger partial charge in [-0.15, -0.1) is 0 Å². The van der Waals surface area contributed by atoms with Gasteiger partial charge >= 0.3 is 0 Å². The molecule has 0 aliphatic carbocycles. The summed E-state index contributed by atoms with van der Waals surface area (Å²) in [6.45, 7) is 7.25. The van der Waals surface area contributed by atoms with Crippen LogP contribution in [0.2, 0.25) is 5.02 Å². The average molecular weight is 395 g/mol. The molecule has 0 radical (unpaired) electrons. The summed E-state index contributed by atoms with van der Waals surface area (Å²) >= 11 is 6.33. The second-order valence-corrected chi connectivity index (χ2v) is 8.39. The van der Waals surface area contributed by atoms with Crippen LogP contribution in [0, 0.1) is 20.8 Å². The molecule has 0 fully saturated rings. The molecule has 5 nitrogen and oxygen atoms in total. The fourth-order valence-corrected chi connectivity index (χ4v) is 4.59. The number of carbonyl (C=O) groups is 1. The van der Waals surface area contributed by atoms with E-state index in [-0.39, 0.29) is 23.9 Å². The Balaban J connectivity index is 2.18. The van der Waals surface area contributed by atoms with Crippen molar-refractivity contribution in [2.75, 3.05) is 18.0 Å². The van der Waals surface area contributed by atoms with Crippen LogP contribution >= 0.6 is 11.6 Å². The summed E-state index contributed by atoms with van der Waals surface area (Å²) in [7, 11) is -3.64. The van der Waals surface area contributed by atoms with Crippen molar-refractivity contribution in [3.05, 3.63) is 58.1 Å². The number of nitrogens with one attached hydrogen (secondary N) is 1. The molecule has 2 rings (SSSR count).